The predicted molar refractivity (Wildman–Crippen MR) is 115 cm³/mol. The van der Waals surface area contributed by atoms with E-state index in [1.807, 2.05) is 12.3 Å². The highest BCUT2D eigenvalue weighted by molar-refractivity contribution is 5.64. The summed E-state index contributed by atoms with van der Waals surface area (Å²) in [5, 5.41) is 3.34. The fourth-order valence-corrected chi connectivity index (χ4v) is 2.96. The van der Waals surface area contributed by atoms with Gasteiger partial charge in [0.05, 0.1) is 19.4 Å². The first-order chi connectivity index (χ1) is 13.8. The second kappa shape index (κ2) is 10.6. The van der Waals surface area contributed by atoms with Crippen LogP contribution in [0.5, 0.6) is 5.75 Å². The topological polar surface area (TPSA) is 43.4 Å². The SMILES string of the molecule is C=C/C=C(\C=C)COCCc1cccc(-c2cncc(OCC3CCN3)c2)c1. The first-order valence-corrected chi connectivity index (χ1v) is 9.71. The number of nitrogens with zero attached hydrogens (tertiary/aromatic N) is 1. The Balaban J connectivity index is 1.55. The number of rotatable bonds is 11. The number of nitrogens with one attached hydrogen (secondary N) is 1. The summed E-state index contributed by atoms with van der Waals surface area (Å²) in [6, 6.07) is 11.0. The lowest BCUT2D eigenvalue weighted by Crippen LogP contribution is -2.46. The second-order valence-electron chi connectivity index (χ2n) is 6.84. The van der Waals surface area contributed by atoms with E-state index in [0.717, 1.165) is 35.4 Å². The number of aromatic nitrogens is 1. The van der Waals surface area contributed by atoms with Crippen LogP contribution in [0.25, 0.3) is 11.1 Å². The van der Waals surface area contributed by atoms with Crippen LogP contribution in [-0.4, -0.2) is 37.4 Å². The summed E-state index contributed by atoms with van der Waals surface area (Å²) in [6.07, 6.45) is 11.1. The van der Waals surface area contributed by atoms with Gasteiger partial charge >= 0.3 is 0 Å². The molecule has 4 nitrogen and oxygen atoms in total. The molecule has 1 saturated heterocycles. The Morgan fingerprint density at radius 1 is 1.21 bits per heavy atom. The van der Waals surface area contributed by atoms with E-state index >= 15 is 0 Å². The monoisotopic (exact) mass is 376 g/mol. The van der Waals surface area contributed by atoms with Crippen LogP contribution in [-0.2, 0) is 11.2 Å². The minimum atomic E-state index is 0.468. The number of pyridine rings is 1. The van der Waals surface area contributed by atoms with Crippen LogP contribution < -0.4 is 10.1 Å². The first kappa shape index (κ1) is 20.1. The van der Waals surface area contributed by atoms with Gasteiger partial charge in [0.2, 0.25) is 0 Å². The molecule has 1 atom stereocenters. The number of benzene rings is 1. The molecule has 146 valence electrons. The highest BCUT2D eigenvalue weighted by Crippen LogP contribution is 2.24. The van der Waals surface area contributed by atoms with Gasteiger partial charge in [0.25, 0.3) is 0 Å². The molecular weight excluding hydrogens is 348 g/mol. The Bertz CT molecular complexity index is 825. The van der Waals surface area contributed by atoms with Gasteiger partial charge in [0.1, 0.15) is 12.4 Å². The Hall–Kier alpha value is -2.69. The van der Waals surface area contributed by atoms with Crippen LogP contribution in [0.2, 0.25) is 0 Å². The van der Waals surface area contributed by atoms with Gasteiger partial charge in [-0.25, -0.2) is 0 Å². The van der Waals surface area contributed by atoms with Gasteiger partial charge in [-0.05, 0) is 42.2 Å². The summed E-state index contributed by atoms with van der Waals surface area (Å²) in [4.78, 5) is 4.34. The lowest BCUT2D eigenvalue weighted by molar-refractivity contribution is 0.161. The van der Waals surface area contributed by atoms with Crippen molar-refractivity contribution in [2.24, 2.45) is 0 Å². The van der Waals surface area contributed by atoms with Gasteiger partial charge in [0, 0.05) is 17.8 Å². The highest BCUT2D eigenvalue weighted by Gasteiger charge is 2.16. The molecule has 0 spiro atoms. The fourth-order valence-electron chi connectivity index (χ4n) is 2.96. The summed E-state index contributed by atoms with van der Waals surface area (Å²) in [7, 11) is 0. The summed E-state index contributed by atoms with van der Waals surface area (Å²) in [5.41, 5.74) is 4.46. The number of allylic oxidation sites excluding steroid dienone is 2. The van der Waals surface area contributed by atoms with Gasteiger partial charge in [-0.15, -0.1) is 0 Å². The van der Waals surface area contributed by atoms with E-state index in [9.17, 15) is 0 Å². The van der Waals surface area contributed by atoms with Gasteiger partial charge in [-0.2, -0.15) is 0 Å². The van der Waals surface area contributed by atoms with Crippen molar-refractivity contribution in [2.45, 2.75) is 18.9 Å². The molecule has 1 aliphatic heterocycles. The molecule has 2 heterocycles. The van der Waals surface area contributed by atoms with Gasteiger partial charge in [0.15, 0.2) is 0 Å². The Morgan fingerprint density at radius 2 is 2.11 bits per heavy atom. The quantitative estimate of drug-likeness (QED) is 0.468. The summed E-state index contributed by atoms with van der Waals surface area (Å²) in [6.45, 7) is 10.5. The van der Waals surface area contributed by atoms with Crippen LogP contribution in [0.1, 0.15) is 12.0 Å². The minimum absolute atomic E-state index is 0.468. The van der Waals surface area contributed by atoms with E-state index in [0.29, 0.717) is 25.9 Å². The number of hydrogen-bond donors (Lipinski definition) is 1. The molecule has 1 aromatic carbocycles. The molecule has 0 aliphatic carbocycles. The molecule has 0 saturated carbocycles. The molecule has 1 unspecified atom stereocenters. The summed E-state index contributed by atoms with van der Waals surface area (Å²) >= 11 is 0. The second-order valence-corrected chi connectivity index (χ2v) is 6.84. The van der Waals surface area contributed by atoms with Crippen molar-refractivity contribution in [3.05, 3.63) is 85.2 Å². The third-order valence-electron chi connectivity index (χ3n) is 4.75. The van der Waals surface area contributed by atoms with Crippen molar-refractivity contribution in [2.75, 3.05) is 26.4 Å². The standard InChI is InChI=1S/C24H28N2O2/c1-3-6-19(4-2)17-27-12-10-20-7-5-8-21(13-20)22-14-24(16-25-15-22)28-18-23-9-11-26-23/h3-8,13-16,23,26H,1-2,9-12,17-18H2/b19-6+. The van der Waals surface area contributed by atoms with Crippen LogP contribution in [0.15, 0.2) is 79.7 Å². The smallest absolute Gasteiger partial charge is 0.138 e. The summed E-state index contributed by atoms with van der Waals surface area (Å²) in [5.74, 6) is 0.811. The van der Waals surface area contributed by atoms with Crippen molar-refractivity contribution in [3.8, 4) is 16.9 Å². The van der Waals surface area contributed by atoms with Crippen LogP contribution >= 0.6 is 0 Å². The largest absolute Gasteiger partial charge is 0.490 e. The molecular formula is C24H28N2O2. The summed E-state index contributed by atoms with van der Waals surface area (Å²) < 4.78 is 11.6. The van der Waals surface area contributed by atoms with Crippen molar-refractivity contribution in [3.63, 3.8) is 0 Å². The molecule has 1 fully saturated rings. The third-order valence-corrected chi connectivity index (χ3v) is 4.75. The van der Waals surface area contributed by atoms with E-state index in [4.69, 9.17) is 9.47 Å². The maximum atomic E-state index is 5.87. The Labute approximate surface area is 167 Å². The average molecular weight is 377 g/mol. The van der Waals surface area contributed by atoms with E-state index in [1.165, 1.54) is 12.0 Å². The third kappa shape index (κ3) is 5.91. The molecule has 3 rings (SSSR count). The lowest BCUT2D eigenvalue weighted by atomic mass is 10.0. The van der Waals surface area contributed by atoms with Crippen molar-refractivity contribution in [1.82, 2.24) is 10.3 Å². The van der Waals surface area contributed by atoms with Crippen molar-refractivity contribution in [1.29, 1.82) is 0 Å². The lowest BCUT2D eigenvalue weighted by Gasteiger charge is -2.27. The predicted octanol–water partition coefficient (Wildman–Crippen LogP) is 4.35. The molecule has 0 amide bonds. The van der Waals surface area contributed by atoms with Crippen LogP contribution in [0.4, 0.5) is 0 Å². The Kier molecular flexibility index (Phi) is 7.59. The van der Waals surface area contributed by atoms with Gasteiger partial charge < -0.3 is 14.8 Å². The normalized spacial score (nSPS) is 16.3. The van der Waals surface area contributed by atoms with Crippen molar-refractivity contribution < 1.29 is 9.47 Å². The zero-order valence-corrected chi connectivity index (χ0v) is 16.3. The molecule has 4 heteroatoms. The molecule has 2 aromatic rings. The van der Waals surface area contributed by atoms with Crippen LogP contribution in [0.3, 0.4) is 0 Å². The molecule has 0 radical (unpaired) electrons. The molecule has 28 heavy (non-hydrogen) atoms. The Morgan fingerprint density at radius 3 is 2.86 bits per heavy atom. The zero-order valence-electron chi connectivity index (χ0n) is 16.3. The van der Waals surface area contributed by atoms with Crippen molar-refractivity contribution >= 4 is 0 Å². The maximum Gasteiger partial charge on any atom is 0.138 e. The van der Waals surface area contributed by atoms with Gasteiger partial charge in [-0.1, -0.05) is 55.7 Å². The van der Waals surface area contributed by atoms with E-state index in [2.05, 4.69) is 53.8 Å². The number of ether oxygens (including phenoxy) is 2. The highest BCUT2D eigenvalue weighted by atomic mass is 16.5. The van der Waals surface area contributed by atoms with E-state index < -0.39 is 0 Å². The van der Waals surface area contributed by atoms with Gasteiger partial charge in [-0.3, -0.25) is 4.98 Å². The minimum Gasteiger partial charge on any atom is -0.490 e. The number of hydrogen-bond acceptors (Lipinski definition) is 4. The fraction of sp³-hybridized carbons (Fsp3) is 0.292. The molecule has 0 bridgehead atoms. The molecule has 1 aliphatic rings. The first-order valence-electron chi connectivity index (χ1n) is 9.71. The molecule has 1 aromatic heterocycles. The zero-order chi connectivity index (χ0) is 19.6. The van der Waals surface area contributed by atoms with E-state index in [-0.39, 0.29) is 0 Å². The average Bonchev–Trinajstić information content (AvgIpc) is 2.69. The maximum absolute atomic E-state index is 5.87. The van der Waals surface area contributed by atoms with E-state index in [1.54, 1.807) is 18.3 Å². The molecule has 1 N–H and O–H groups in total. The van der Waals surface area contributed by atoms with Crippen LogP contribution in [0, 0.1) is 0 Å².